The van der Waals surface area contributed by atoms with Crippen molar-refractivity contribution in [2.24, 2.45) is 16.8 Å². The Hall–Kier alpha value is -2.51. The quantitative estimate of drug-likeness (QED) is 0.636. The van der Waals surface area contributed by atoms with Gasteiger partial charge in [0.1, 0.15) is 21.5 Å². The summed E-state index contributed by atoms with van der Waals surface area (Å²) < 4.78 is 28.5. The van der Waals surface area contributed by atoms with E-state index in [0.29, 0.717) is 19.4 Å². The van der Waals surface area contributed by atoms with Gasteiger partial charge < -0.3 is 5.73 Å². The number of halogens is 2. The number of benzene rings is 2. The van der Waals surface area contributed by atoms with Crippen LogP contribution >= 0.6 is 11.8 Å². The number of aryl methyl sites for hydroxylation is 1. The summed E-state index contributed by atoms with van der Waals surface area (Å²) in [6, 6.07) is 11.0. The molecule has 3 rings (SSSR count). The van der Waals surface area contributed by atoms with E-state index < -0.39 is 22.4 Å². The van der Waals surface area contributed by atoms with Crippen LogP contribution in [0.2, 0.25) is 0 Å². The summed E-state index contributed by atoms with van der Waals surface area (Å²) >= 11 is 1.27. The maximum Gasteiger partial charge on any atom is 0.267 e. The number of nitrogens with zero attached hydrogens (tertiary/aromatic N) is 2. The molecule has 2 aromatic rings. The van der Waals surface area contributed by atoms with Gasteiger partial charge >= 0.3 is 0 Å². The van der Waals surface area contributed by atoms with Crippen LogP contribution in [0.5, 0.6) is 0 Å². The number of rotatable bonds is 7. The Bertz CT molecular complexity index is 994. The van der Waals surface area contributed by atoms with Crippen LogP contribution in [0.4, 0.5) is 8.78 Å². The Kier molecular flexibility index (Phi) is 6.73. The minimum Gasteiger partial charge on any atom is -0.330 e. The molecule has 7 heteroatoms. The first-order valence-corrected chi connectivity index (χ1v) is 10.7. The smallest absolute Gasteiger partial charge is 0.267 e. The van der Waals surface area contributed by atoms with Gasteiger partial charge in [0.2, 0.25) is 0 Å². The van der Waals surface area contributed by atoms with Crippen LogP contribution in [0.1, 0.15) is 36.5 Å². The van der Waals surface area contributed by atoms with E-state index in [4.69, 9.17) is 5.73 Å². The highest BCUT2D eigenvalue weighted by atomic mass is 32.2. The second-order valence-electron chi connectivity index (χ2n) is 7.18. The predicted octanol–water partition coefficient (Wildman–Crippen LogP) is 4.92. The number of amides is 1. The first kappa shape index (κ1) is 22.2. The number of hydrazone groups is 1. The van der Waals surface area contributed by atoms with Crippen LogP contribution in [0.3, 0.4) is 0 Å². The van der Waals surface area contributed by atoms with Gasteiger partial charge in [0.05, 0.1) is 0 Å². The summed E-state index contributed by atoms with van der Waals surface area (Å²) in [5, 5.41) is 6.12. The lowest BCUT2D eigenvalue weighted by Crippen LogP contribution is -2.47. The van der Waals surface area contributed by atoms with Crippen molar-refractivity contribution in [2.75, 3.05) is 6.54 Å². The van der Waals surface area contributed by atoms with Crippen molar-refractivity contribution >= 4 is 22.7 Å². The highest BCUT2D eigenvalue weighted by Crippen LogP contribution is 2.55. The van der Waals surface area contributed by atoms with Crippen molar-refractivity contribution in [3.8, 4) is 0 Å². The van der Waals surface area contributed by atoms with Gasteiger partial charge in [-0.2, -0.15) is 5.10 Å². The van der Waals surface area contributed by atoms with Gasteiger partial charge in [0.15, 0.2) is 0 Å². The molecule has 0 saturated heterocycles. The van der Waals surface area contributed by atoms with E-state index in [1.165, 1.54) is 22.8 Å². The van der Waals surface area contributed by atoms with Crippen LogP contribution in [0, 0.1) is 24.5 Å². The SMILES string of the molecule is C=CC(=O)N1N=C(c2cc(F)ccc2F)S[C@@]1(c1ccccc1C)[C@H](CC)CCN. The van der Waals surface area contributed by atoms with Gasteiger partial charge in [-0.15, -0.1) is 0 Å². The second kappa shape index (κ2) is 9.10. The molecule has 1 heterocycles. The molecule has 2 atom stereocenters. The number of thioether (sulfide) groups is 1. The topological polar surface area (TPSA) is 58.7 Å². The summed E-state index contributed by atoms with van der Waals surface area (Å²) in [7, 11) is 0. The number of carbonyl (C=O) groups excluding carboxylic acids is 1. The zero-order valence-corrected chi connectivity index (χ0v) is 17.9. The van der Waals surface area contributed by atoms with Crippen LogP contribution in [-0.2, 0) is 9.67 Å². The van der Waals surface area contributed by atoms with E-state index >= 15 is 0 Å². The fourth-order valence-corrected chi connectivity index (χ4v) is 5.63. The molecule has 0 bridgehead atoms. The molecule has 0 unspecified atom stereocenters. The number of nitrogens with two attached hydrogens (primary N) is 1. The minimum atomic E-state index is -0.946. The third kappa shape index (κ3) is 3.79. The lowest BCUT2D eigenvalue weighted by atomic mass is 9.84. The monoisotopic (exact) mass is 429 g/mol. The molecule has 0 fully saturated rings. The molecule has 0 aliphatic carbocycles. The minimum absolute atomic E-state index is 0.0277. The van der Waals surface area contributed by atoms with Gasteiger partial charge in [-0.3, -0.25) is 4.79 Å². The number of hydrogen-bond donors (Lipinski definition) is 1. The Balaban J connectivity index is 2.27. The molecule has 4 nitrogen and oxygen atoms in total. The van der Waals surface area contributed by atoms with Gasteiger partial charge in [0, 0.05) is 5.56 Å². The number of carbonyl (C=O) groups is 1. The zero-order valence-electron chi connectivity index (χ0n) is 17.1. The third-order valence-corrected chi connectivity index (χ3v) is 6.92. The fourth-order valence-electron chi connectivity index (χ4n) is 3.94. The molecule has 1 aliphatic heterocycles. The van der Waals surface area contributed by atoms with E-state index in [-0.39, 0.29) is 16.5 Å². The molecular formula is C23H25F2N3OS. The molecule has 0 saturated carbocycles. The summed E-state index contributed by atoms with van der Waals surface area (Å²) in [5.74, 6) is -1.65. The van der Waals surface area contributed by atoms with Crippen molar-refractivity contribution in [3.63, 3.8) is 0 Å². The Morgan fingerprint density at radius 2 is 2.07 bits per heavy atom. The van der Waals surface area contributed by atoms with Crippen molar-refractivity contribution in [2.45, 2.75) is 31.6 Å². The summed E-state index contributed by atoms with van der Waals surface area (Å²) in [6.45, 7) is 8.03. The molecule has 2 N–H and O–H groups in total. The maximum atomic E-state index is 14.6. The van der Waals surface area contributed by atoms with Crippen LogP contribution in [-0.4, -0.2) is 22.5 Å². The van der Waals surface area contributed by atoms with Crippen molar-refractivity contribution in [1.82, 2.24) is 5.01 Å². The molecule has 0 aromatic heterocycles. The Labute approximate surface area is 179 Å². The third-order valence-electron chi connectivity index (χ3n) is 5.39. The van der Waals surface area contributed by atoms with E-state index in [1.807, 2.05) is 38.1 Å². The van der Waals surface area contributed by atoms with Crippen molar-refractivity contribution in [1.29, 1.82) is 0 Å². The van der Waals surface area contributed by atoms with E-state index in [9.17, 15) is 13.6 Å². The molecule has 0 radical (unpaired) electrons. The van der Waals surface area contributed by atoms with Gasteiger partial charge in [0.25, 0.3) is 5.91 Å². The highest BCUT2D eigenvalue weighted by Gasteiger charge is 2.53. The van der Waals surface area contributed by atoms with E-state index in [2.05, 4.69) is 11.7 Å². The molecular weight excluding hydrogens is 404 g/mol. The van der Waals surface area contributed by atoms with Crippen LogP contribution < -0.4 is 5.73 Å². The second-order valence-corrected chi connectivity index (χ2v) is 8.39. The predicted molar refractivity (Wildman–Crippen MR) is 118 cm³/mol. The van der Waals surface area contributed by atoms with Crippen LogP contribution in [0.25, 0.3) is 0 Å². The molecule has 158 valence electrons. The zero-order chi connectivity index (χ0) is 21.9. The normalized spacial score (nSPS) is 19.5. The fraction of sp³-hybridized carbons (Fsp3) is 0.304. The summed E-state index contributed by atoms with van der Waals surface area (Å²) in [5.41, 5.74) is 7.80. The first-order valence-electron chi connectivity index (χ1n) is 9.84. The molecule has 2 aromatic carbocycles. The highest BCUT2D eigenvalue weighted by molar-refractivity contribution is 8.15. The first-order chi connectivity index (χ1) is 14.4. The lowest BCUT2D eigenvalue weighted by Gasteiger charge is -2.42. The van der Waals surface area contributed by atoms with Gasteiger partial charge in [-0.25, -0.2) is 13.8 Å². The van der Waals surface area contributed by atoms with Crippen LogP contribution in [0.15, 0.2) is 60.2 Å². The van der Waals surface area contributed by atoms with E-state index in [0.717, 1.165) is 29.3 Å². The van der Waals surface area contributed by atoms with Gasteiger partial charge in [-0.05, 0) is 67.6 Å². The van der Waals surface area contributed by atoms with Gasteiger partial charge in [-0.1, -0.05) is 49.5 Å². The van der Waals surface area contributed by atoms with E-state index in [1.54, 1.807) is 0 Å². The summed E-state index contributed by atoms with van der Waals surface area (Å²) in [4.78, 5) is 12.0. The lowest BCUT2D eigenvalue weighted by molar-refractivity contribution is -0.131. The molecule has 0 spiro atoms. The van der Waals surface area contributed by atoms with Crippen molar-refractivity contribution < 1.29 is 13.6 Å². The number of hydrogen-bond acceptors (Lipinski definition) is 4. The standard InChI is InChI=1S/C23H25F2N3OS/c1-4-16(12-13-26)23(19-9-7-6-8-15(19)3)28(21(29)5-2)27-22(30-23)18-14-17(24)10-11-20(18)25/h5-11,14,16H,2,4,12-13,26H2,1,3H3/t16-,23-/m1/s1. The average Bonchev–Trinajstić information content (AvgIpc) is 3.14. The Morgan fingerprint density at radius 1 is 1.33 bits per heavy atom. The molecule has 30 heavy (non-hydrogen) atoms. The van der Waals surface area contributed by atoms with Crippen molar-refractivity contribution in [3.05, 3.63) is 83.4 Å². The average molecular weight is 430 g/mol. The largest absolute Gasteiger partial charge is 0.330 e. The molecule has 1 aliphatic rings. The molecule has 1 amide bonds. The Morgan fingerprint density at radius 3 is 2.70 bits per heavy atom. The maximum absolute atomic E-state index is 14.6. The summed E-state index contributed by atoms with van der Waals surface area (Å²) in [6.07, 6.45) is 2.54.